The number of nitrogen functional groups attached to an aromatic ring is 1. The molecule has 32 heavy (non-hydrogen) atoms. The Balaban J connectivity index is 1.44. The number of aromatic amines is 1. The van der Waals surface area contributed by atoms with Crippen LogP contribution >= 0.6 is 0 Å². The van der Waals surface area contributed by atoms with E-state index in [1.165, 1.54) is 4.57 Å². The number of fused-ring (bicyclic) bond motifs is 1. The van der Waals surface area contributed by atoms with Crippen molar-refractivity contribution in [2.45, 2.75) is 19.4 Å². The van der Waals surface area contributed by atoms with Crippen molar-refractivity contribution in [2.24, 2.45) is 5.92 Å². The highest BCUT2D eigenvalue weighted by molar-refractivity contribution is 5.81. The van der Waals surface area contributed by atoms with Crippen LogP contribution in [0, 0.1) is 5.92 Å². The molecular formula is C21H29N7O4. The molecule has 172 valence electrons. The van der Waals surface area contributed by atoms with Crippen LogP contribution in [0.4, 0.5) is 5.82 Å². The monoisotopic (exact) mass is 443 g/mol. The van der Waals surface area contributed by atoms with E-state index in [1.807, 2.05) is 12.1 Å². The summed E-state index contributed by atoms with van der Waals surface area (Å²) in [5, 5.41) is 0. The summed E-state index contributed by atoms with van der Waals surface area (Å²) in [6.45, 7) is 3.82. The lowest BCUT2D eigenvalue weighted by atomic mass is 9.98. The first-order valence-corrected chi connectivity index (χ1v) is 10.7. The molecular weight excluding hydrogens is 414 g/mol. The molecule has 3 aromatic rings. The number of anilines is 1. The van der Waals surface area contributed by atoms with E-state index in [4.69, 9.17) is 19.9 Å². The van der Waals surface area contributed by atoms with Gasteiger partial charge in [-0.05, 0) is 44.5 Å². The largest absolute Gasteiger partial charge is 0.477 e. The number of imidazole rings is 1. The minimum absolute atomic E-state index is 0.0931. The molecule has 0 unspecified atom stereocenters. The average Bonchev–Trinajstić information content (AvgIpc) is 3.10. The smallest absolute Gasteiger partial charge is 0.328 e. The molecule has 1 fully saturated rings. The molecule has 0 saturated carbocycles. The summed E-state index contributed by atoms with van der Waals surface area (Å²) in [7, 11) is 3.72. The van der Waals surface area contributed by atoms with Crippen LogP contribution in [0.25, 0.3) is 11.2 Å². The molecule has 3 N–H and O–H groups in total. The van der Waals surface area contributed by atoms with Crippen molar-refractivity contribution in [3.05, 3.63) is 34.4 Å². The zero-order valence-corrected chi connectivity index (χ0v) is 18.4. The summed E-state index contributed by atoms with van der Waals surface area (Å²) in [5.41, 5.74) is 7.23. The number of ether oxygens (including phenoxy) is 3. The minimum atomic E-state index is -0.336. The maximum atomic E-state index is 12.5. The molecule has 3 aromatic heterocycles. The molecule has 0 spiro atoms. The number of H-pyrrole nitrogens is 1. The molecule has 4 heterocycles. The normalized spacial score (nSPS) is 15.3. The lowest BCUT2D eigenvalue weighted by Crippen LogP contribution is -2.32. The molecule has 1 aliphatic rings. The number of rotatable bonds is 9. The molecule has 11 nitrogen and oxygen atoms in total. The second-order valence-corrected chi connectivity index (χ2v) is 8.01. The summed E-state index contributed by atoms with van der Waals surface area (Å²) < 4.78 is 17.8. The SMILES string of the molecule is COCCOc1nc(N)c2[nH]c(=O)n(Cc3ccc(OCC4CCN(C)CC4)nc3)c2n1. The lowest BCUT2D eigenvalue weighted by Gasteiger charge is -2.28. The Morgan fingerprint density at radius 2 is 2.00 bits per heavy atom. The molecule has 1 aliphatic heterocycles. The molecule has 4 rings (SSSR count). The number of likely N-dealkylation sites (tertiary alicyclic amines) is 1. The van der Waals surface area contributed by atoms with E-state index in [1.54, 1.807) is 13.3 Å². The number of nitrogens with one attached hydrogen (secondary N) is 1. The van der Waals surface area contributed by atoms with Crippen molar-refractivity contribution < 1.29 is 14.2 Å². The number of aromatic nitrogens is 5. The van der Waals surface area contributed by atoms with Gasteiger partial charge in [0.15, 0.2) is 11.5 Å². The van der Waals surface area contributed by atoms with Crippen molar-refractivity contribution in [1.29, 1.82) is 0 Å². The maximum absolute atomic E-state index is 12.5. The van der Waals surface area contributed by atoms with Crippen LogP contribution in [0.2, 0.25) is 0 Å². The third-order valence-corrected chi connectivity index (χ3v) is 5.59. The van der Waals surface area contributed by atoms with Gasteiger partial charge >= 0.3 is 11.7 Å². The summed E-state index contributed by atoms with van der Waals surface area (Å²) in [4.78, 5) is 30.4. The number of methoxy groups -OCH3 is 1. The third-order valence-electron chi connectivity index (χ3n) is 5.59. The van der Waals surface area contributed by atoms with E-state index in [-0.39, 0.29) is 30.7 Å². The van der Waals surface area contributed by atoms with Gasteiger partial charge in [0.25, 0.3) is 0 Å². The first-order chi connectivity index (χ1) is 15.5. The van der Waals surface area contributed by atoms with Crippen LogP contribution in [0.3, 0.4) is 0 Å². The van der Waals surface area contributed by atoms with E-state index in [9.17, 15) is 4.79 Å². The van der Waals surface area contributed by atoms with Crippen LogP contribution in [0.1, 0.15) is 18.4 Å². The van der Waals surface area contributed by atoms with Gasteiger partial charge in [-0.3, -0.25) is 4.57 Å². The molecule has 0 radical (unpaired) electrons. The average molecular weight is 444 g/mol. The minimum Gasteiger partial charge on any atom is -0.477 e. The molecule has 1 saturated heterocycles. The molecule has 0 aliphatic carbocycles. The van der Waals surface area contributed by atoms with Gasteiger partial charge in [-0.15, -0.1) is 0 Å². The Hall–Kier alpha value is -3.18. The zero-order valence-electron chi connectivity index (χ0n) is 18.4. The van der Waals surface area contributed by atoms with Gasteiger partial charge in [-0.2, -0.15) is 9.97 Å². The number of nitrogens with two attached hydrogens (primary N) is 1. The number of hydrogen-bond acceptors (Lipinski definition) is 9. The Morgan fingerprint density at radius 3 is 2.72 bits per heavy atom. The fraction of sp³-hybridized carbons (Fsp3) is 0.524. The fourth-order valence-corrected chi connectivity index (χ4v) is 3.66. The Labute approximate surface area is 185 Å². The van der Waals surface area contributed by atoms with Crippen LogP contribution in [0.15, 0.2) is 23.1 Å². The highest BCUT2D eigenvalue weighted by Gasteiger charge is 2.18. The maximum Gasteiger partial charge on any atom is 0.328 e. The summed E-state index contributed by atoms with van der Waals surface area (Å²) in [6.07, 6.45) is 3.98. The van der Waals surface area contributed by atoms with Crippen LogP contribution in [0.5, 0.6) is 11.9 Å². The van der Waals surface area contributed by atoms with E-state index < -0.39 is 0 Å². The van der Waals surface area contributed by atoms with Gasteiger partial charge in [-0.1, -0.05) is 6.07 Å². The summed E-state index contributed by atoms with van der Waals surface area (Å²) in [6, 6.07) is 3.81. The van der Waals surface area contributed by atoms with Crippen LogP contribution in [-0.4, -0.2) is 76.5 Å². The number of piperidine rings is 1. The molecule has 0 amide bonds. The quantitative estimate of drug-likeness (QED) is 0.462. The van der Waals surface area contributed by atoms with Gasteiger partial charge in [0, 0.05) is 19.4 Å². The van der Waals surface area contributed by atoms with Crippen LogP contribution < -0.4 is 20.9 Å². The van der Waals surface area contributed by atoms with Crippen molar-refractivity contribution >= 4 is 17.0 Å². The molecule has 11 heteroatoms. The van der Waals surface area contributed by atoms with Gasteiger partial charge in [0.1, 0.15) is 12.1 Å². The predicted molar refractivity (Wildman–Crippen MR) is 119 cm³/mol. The zero-order chi connectivity index (χ0) is 22.5. The van der Waals surface area contributed by atoms with Crippen molar-refractivity contribution in [3.63, 3.8) is 0 Å². The highest BCUT2D eigenvalue weighted by Crippen LogP contribution is 2.20. The second-order valence-electron chi connectivity index (χ2n) is 8.01. The van der Waals surface area contributed by atoms with E-state index >= 15 is 0 Å². The van der Waals surface area contributed by atoms with Crippen molar-refractivity contribution in [3.8, 4) is 11.9 Å². The van der Waals surface area contributed by atoms with E-state index in [2.05, 4.69) is 31.9 Å². The first-order valence-electron chi connectivity index (χ1n) is 10.7. The van der Waals surface area contributed by atoms with E-state index in [0.717, 1.165) is 31.5 Å². The van der Waals surface area contributed by atoms with E-state index in [0.29, 0.717) is 36.2 Å². The van der Waals surface area contributed by atoms with Gasteiger partial charge < -0.3 is 29.8 Å². The molecule has 0 bridgehead atoms. The second kappa shape index (κ2) is 9.96. The topological polar surface area (TPSA) is 133 Å². The Morgan fingerprint density at radius 1 is 1.19 bits per heavy atom. The fourth-order valence-electron chi connectivity index (χ4n) is 3.66. The standard InChI is InChI=1S/C21H29N7O4/c1-27-7-5-14(6-8-27)13-32-16-4-3-15(11-23-16)12-28-19-17(24-21(28)29)18(22)25-20(26-19)31-10-9-30-2/h3-4,11,14H,5-10,12-13H2,1-2H3,(H,24,29)(H2,22,25,26). The number of pyridine rings is 1. The Kier molecular flexibility index (Phi) is 6.86. The first kappa shape index (κ1) is 22.0. The number of nitrogens with zero attached hydrogens (tertiary/aromatic N) is 5. The summed E-state index contributed by atoms with van der Waals surface area (Å²) >= 11 is 0. The highest BCUT2D eigenvalue weighted by atomic mass is 16.5. The summed E-state index contributed by atoms with van der Waals surface area (Å²) in [5.74, 6) is 1.29. The Bertz CT molecular complexity index is 1090. The molecule has 0 atom stereocenters. The number of hydrogen-bond donors (Lipinski definition) is 2. The van der Waals surface area contributed by atoms with Gasteiger partial charge in [0.05, 0.1) is 19.8 Å². The predicted octanol–water partition coefficient (Wildman–Crippen LogP) is 0.891. The third kappa shape index (κ3) is 5.17. The van der Waals surface area contributed by atoms with Gasteiger partial charge in [-0.25, -0.2) is 9.78 Å². The van der Waals surface area contributed by atoms with Crippen molar-refractivity contribution in [2.75, 3.05) is 52.8 Å². The lowest BCUT2D eigenvalue weighted by molar-refractivity contribution is 0.141. The van der Waals surface area contributed by atoms with Gasteiger partial charge in [0.2, 0.25) is 5.88 Å². The van der Waals surface area contributed by atoms with Crippen molar-refractivity contribution in [1.82, 2.24) is 29.4 Å². The van der Waals surface area contributed by atoms with Crippen LogP contribution in [-0.2, 0) is 11.3 Å². The molecule has 0 aromatic carbocycles.